The summed E-state index contributed by atoms with van der Waals surface area (Å²) in [6, 6.07) is 8.88. The van der Waals surface area contributed by atoms with Crippen LogP contribution in [-0.4, -0.2) is 34.4 Å². The monoisotopic (exact) mass is 383 g/mol. The number of thioether (sulfide) groups is 1. The molecule has 1 saturated carbocycles. The quantitative estimate of drug-likeness (QED) is 0.689. The van der Waals surface area contributed by atoms with Gasteiger partial charge in [-0.15, -0.1) is 23.1 Å². The predicted molar refractivity (Wildman–Crippen MR) is 108 cm³/mol. The molecule has 3 heterocycles. The van der Waals surface area contributed by atoms with E-state index in [2.05, 4.69) is 44.9 Å². The van der Waals surface area contributed by atoms with Crippen molar-refractivity contribution >= 4 is 33.3 Å². The number of rotatable bonds is 5. The van der Waals surface area contributed by atoms with Gasteiger partial charge >= 0.3 is 0 Å². The van der Waals surface area contributed by atoms with Crippen molar-refractivity contribution in [2.75, 3.05) is 13.1 Å². The summed E-state index contributed by atoms with van der Waals surface area (Å²) < 4.78 is 7.26. The third kappa shape index (κ3) is 3.46. The molecule has 5 rings (SSSR count). The number of aromatic nitrogens is 2. The van der Waals surface area contributed by atoms with Crippen LogP contribution >= 0.6 is 23.1 Å². The molecule has 4 nitrogen and oxygen atoms in total. The summed E-state index contributed by atoms with van der Waals surface area (Å²) >= 11 is 3.67. The van der Waals surface area contributed by atoms with Gasteiger partial charge in [-0.1, -0.05) is 12.1 Å². The maximum atomic E-state index is 6.20. The molecule has 1 aromatic carbocycles. The Hall–Kier alpha value is -1.63. The molecule has 0 spiro atoms. The van der Waals surface area contributed by atoms with Crippen molar-refractivity contribution in [2.45, 2.75) is 41.9 Å². The van der Waals surface area contributed by atoms with E-state index in [4.69, 9.17) is 4.74 Å². The SMILES string of the molecule is c1nc(OC2CCNCC2)c2scc(-c3ccc(SC4CC4)cc3)c2n1. The molecule has 26 heavy (non-hydrogen) atoms. The van der Waals surface area contributed by atoms with Crippen molar-refractivity contribution in [3.8, 4) is 17.0 Å². The van der Waals surface area contributed by atoms with Gasteiger partial charge in [0, 0.05) is 21.1 Å². The van der Waals surface area contributed by atoms with E-state index >= 15 is 0 Å². The minimum absolute atomic E-state index is 0.249. The van der Waals surface area contributed by atoms with Crippen LogP contribution in [0.4, 0.5) is 0 Å². The highest BCUT2D eigenvalue weighted by Gasteiger charge is 2.22. The van der Waals surface area contributed by atoms with E-state index < -0.39 is 0 Å². The van der Waals surface area contributed by atoms with Gasteiger partial charge in [0.15, 0.2) is 0 Å². The molecule has 1 aliphatic carbocycles. The summed E-state index contributed by atoms with van der Waals surface area (Å²) in [5.41, 5.74) is 3.38. The van der Waals surface area contributed by atoms with E-state index in [1.165, 1.54) is 28.9 Å². The number of hydrogen-bond acceptors (Lipinski definition) is 6. The Morgan fingerprint density at radius 3 is 2.62 bits per heavy atom. The summed E-state index contributed by atoms with van der Waals surface area (Å²) in [6.07, 6.45) is 6.66. The van der Waals surface area contributed by atoms with Gasteiger partial charge in [-0.25, -0.2) is 9.97 Å². The van der Waals surface area contributed by atoms with Crippen LogP contribution in [0.5, 0.6) is 5.88 Å². The molecular formula is C20H21N3OS2. The van der Waals surface area contributed by atoms with Crippen molar-refractivity contribution in [3.63, 3.8) is 0 Å². The second-order valence-corrected chi connectivity index (χ2v) is 9.17. The molecule has 2 aliphatic rings. The third-order valence-electron chi connectivity index (χ3n) is 4.88. The van der Waals surface area contributed by atoms with Crippen molar-refractivity contribution in [1.82, 2.24) is 15.3 Å². The van der Waals surface area contributed by atoms with Gasteiger partial charge in [-0.2, -0.15) is 0 Å². The number of nitrogens with one attached hydrogen (secondary N) is 1. The normalized spacial score (nSPS) is 18.3. The topological polar surface area (TPSA) is 47.0 Å². The molecule has 2 fully saturated rings. The zero-order chi connectivity index (χ0) is 17.3. The number of fused-ring (bicyclic) bond motifs is 1. The van der Waals surface area contributed by atoms with Crippen LogP contribution in [0.2, 0.25) is 0 Å². The Bertz CT molecular complexity index is 899. The van der Waals surface area contributed by atoms with E-state index in [1.807, 2.05) is 11.8 Å². The molecule has 0 unspecified atom stereocenters. The molecule has 3 aromatic rings. The lowest BCUT2D eigenvalue weighted by Gasteiger charge is -2.23. The van der Waals surface area contributed by atoms with Gasteiger partial charge in [0.25, 0.3) is 0 Å². The number of hydrogen-bond donors (Lipinski definition) is 1. The second-order valence-electron chi connectivity index (χ2n) is 6.91. The molecule has 0 amide bonds. The van der Waals surface area contributed by atoms with Crippen molar-refractivity contribution in [2.24, 2.45) is 0 Å². The number of benzene rings is 1. The van der Waals surface area contributed by atoms with Gasteiger partial charge in [-0.05, 0) is 56.5 Å². The Morgan fingerprint density at radius 2 is 1.85 bits per heavy atom. The minimum atomic E-state index is 0.249. The van der Waals surface area contributed by atoms with Crippen LogP contribution < -0.4 is 10.1 Å². The average molecular weight is 384 g/mol. The number of nitrogens with zero attached hydrogens (tertiary/aromatic N) is 2. The number of piperidine rings is 1. The molecule has 2 aromatic heterocycles. The van der Waals surface area contributed by atoms with Crippen LogP contribution in [0, 0.1) is 0 Å². The Morgan fingerprint density at radius 1 is 1.04 bits per heavy atom. The fourth-order valence-corrected chi connectivity index (χ4v) is 5.29. The first kappa shape index (κ1) is 16.5. The van der Waals surface area contributed by atoms with Crippen LogP contribution in [0.25, 0.3) is 21.3 Å². The fourth-order valence-electron chi connectivity index (χ4n) is 3.28. The van der Waals surface area contributed by atoms with Gasteiger partial charge in [0.05, 0.1) is 5.52 Å². The van der Waals surface area contributed by atoms with Crippen LogP contribution in [0.15, 0.2) is 40.9 Å². The first-order chi connectivity index (χ1) is 12.9. The first-order valence-electron chi connectivity index (χ1n) is 9.23. The fraction of sp³-hybridized carbons (Fsp3) is 0.400. The molecular weight excluding hydrogens is 362 g/mol. The maximum absolute atomic E-state index is 6.20. The summed E-state index contributed by atoms with van der Waals surface area (Å²) in [7, 11) is 0. The highest BCUT2D eigenvalue weighted by Crippen LogP contribution is 2.41. The highest BCUT2D eigenvalue weighted by molar-refractivity contribution is 8.00. The average Bonchev–Trinajstić information content (AvgIpc) is 3.39. The van der Waals surface area contributed by atoms with E-state index in [0.717, 1.165) is 47.3 Å². The third-order valence-corrected chi connectivity index (χ3v) is 7.18. The largest absolute Gasteiger partial charge is 0.473 e. The maximum Gasteiger partial charge on any atom is 0.235 e. The van der Waals surface area contributed by atoms with E-state index in [-0.39, 0.29) is 6.10 Å². The van der Waals surface area contributed by atoms with Gasteiger partial charge < -0.3 is 10.1 Å². The second kappa shape index (κ2) is 7.18. The molecule has 134 valence electrons. The molecule has 1 aliphatic heterocycles. The molecule has 1 N–H and O–H groups in total. The number of thiophene rings is 1. The number of ether oxygens (including phenoxy) is 1. The van der Waals surface area contributed by atoms with Crippen molar-refractivity contribution in [3.05, 3.63) is 36.0 Å². The summed E-state index contributed by atoms with van der Waals surface area (Å²) in [5, 5.41) is 6.39. The zero-order valence-corrected chi connectivity index (χ0v) is 16.1. The molecule has 6 heteroatoms. The smallest absolute Gasteiger partial charge is 0.235 e. The molecule has 0 radical (unpaired) electrons. The first-order valence-corrected chi connectivity index (χ1v) is 11.0. The van der Waals surface area contributed by atoms with Crippen LogP contribution in [0.3, 0.4) is 0 Å². The van der Waals surface area contributed by atoms with Crippen LogP contribution in [0.1, 0.15) is 25.7 Å². The van der Waals surface area contributed by atoms with Crippen molar-refractivity contribution < 1.29 is 4.74 Å². The van der Waals surface area contributed by atoms with Gasteiger partial charge in [-0.3, -0.25) is 0 Å². The highest BCUT2D eigenvalue weighted by atomic mass is 32.2. The van der Waals surface area contributed by atoms with E-state index in [0.29, 0.717) is 0 Å². The lowest BCUT2D eigenvalue weighted by molar-refractivity contribution is 0.158. The minimum Gasteiger partial charge on any atom is -0.473 e. The van der Waals surface area contributed by atoms with E-state index in [9.17, 15) is 0 Å². The molecule has 1 saturated heterocycles. The molecule has 0 atom stereocenters. The zero-order valence-electron chi connectivity index (χ0n) is 14.5. The van der Waals surface area contributed by atoms with Crippen LogP contribution in [-0.2, 0) is 0 Å². The summed E-state index contributed by atoms with van der Waals surface area (Å²) in [4.78, 5) is 10.3. The Labute approximate surface area is 161 Å². The lowest BCUT2D eigenvalue weighted by Crippen LogP contribution is -2.34. The Kier molecular flexibility index (Phi) is 4.56. The predicted octanol–water partition coefficient (Wildman–Crippen LogP) is 4.74. The van der Waals surface area contributed by atoms with Gasteiger partial charge in [0.2, 0.25) is 5.88 Å². The summed E-state index contributed by atoms with van der Waals surface area (Å²) in [5.74, 6) is 0.735. The lowest BCUT2D eigenvalue weighted by atomic mass is 10.1. The Balaban J connectivity index is 1.42. The van der Waals surface area contributed by atoms with Crippen molar-refractivity contribution in [1.29, 1.82) is 0 Å². The summed E-state index contributed by atoms with van der Waals surface area (Å²) in [6.45, 7) is 2.03. The van der Waals surface area contributed by atoms with E-state index in [1.54, 1.807) is 17.7 Å². The van der Waals surface area contributed by atoms with Gasteiger partial charge in [0.1, 0.15) is 17.1 Å². The molecule has 0 bridgehead atoms. The standard InChI is InChI=1S/C20H21N3OS2/c1-3-15(26-16-5-6-16)4-2-13(1)17-11-25-19-18(17)22-12-23-20(19)24-14-7-9-21-10-8-14/h1-4,11-12,14,16,21H,5-10H2.